The molecule has 4 nitrogen and oxygen atoms in total. The summed E-state index contributed by atoms with van der Waals surface area (Å²) in [5, 5.41) is 2.64. The summed E-state index contributed by atoms with van der Waals surface area (Å²) < 4.78 is 4.72. The number of esters is 1. The van der Waals surface area contributed by atoms with Gasteiger partial charge in [-0.25, -0.2) is 4.79 Å². The monoisotopic (exact) mass is 197 g/mol. The van der Waals surface area contributed by atoms with Gasteiger partial charge < -0.3 is 10.1 Å². The fraction of sp³-hybridized carbons (Fsp3) is 0.600. The molecular formula is C10H15NO3. The lowest BCUT2D eigenvalue weighted by Crippen LogP contribution is -2.37. The average molecular weight is 197 g/mol. The summed E-state index contributed by atoms with van der Waals surface area (Å²) in [6, 6.07) is -0.425. The van der Waals surface area contributed by atoms with E-state index in [0.717, 1.165) is 12.8 Å². The summed E-state index contributed by atoms with van der Waals surface area (Å²) in [4.78, 5) is 22.3. The number of hydrogen-bond donors (Lipinski definition) is 1. The molecule has 4 heteroatoms. The molecule has 0 aromatic rings. The molecule has 1 amide bonds. The van der Waals surface area contributed by atoms with Gasteiger partial charge in [-0.2, -0.15) is 0 Å². The maximum atomic E-state index is 11.3. The minimum Gasteiger partial charge on any atom is -0.464 e. The number of rotatable bonds is 5. The van der Waals surface area contributed by atoms with Crippen molar-refractivity contribution >= 4 is 11.9 Å². The fourth-order valence-corrected chi connectivity index (χ4v) is 1.30. The molecule has 1 heterocycles. The molecule has 1 rings (SSSR count). The largest absolute Gasteiger partial charge is 0.464 e. The first-order valence-corrected chi connectivity index (χ1v) is 4.81. The molecule has 1 aliphatic heterocycles. The van der Waals surface area contributed by atoms with Crippen LogP contribution in [0.25, 0.3) is 0 Å². The normalized spacial score (nSPS) is 20.3. The second-order valence-corrected chi connectivity index (χ2v) is 3.26. The lowest BCUT2D eigenvalue weighted by Gasteiger charge is -2.07. The minimum atomic E-state index is -0.425. The van der Waals surface area contributed by atoms with E-state index in [1.165, 1.54) is 0 Å². The Morgan fingerprint density at radius 3 is 3.07 bits per heavy atom. The molecule has 0 aromatic carbocycles. The zero-order valence-corrected chi connectivity index (χ0v) is 8.12. The first-order chi connectivity index (χ1) is 6.74. The van der Waals surface area contributed by atoms with E-state index in [9.17, 15) is 9.59 Å². The molecule has 0 unspecified atom stereocenters. The third-order valence-electron chi connectivity index (χ3n) is 2.08. The maximum absolute atomic E-state index is 11.3. The second-order valence-electron chi connectivity index (χ2n) is 3.26. The quantitative estimate of drug-likeness (QED) is 0.402. The van der Waals surface area contributed by atoms with Crippen LogP contribution in [0.1, 0.15) is 25.7 Å². The Balaban J connectivity index is 2.19. The zero-order chi connectivity index (χ0) is 10.4. The Morgan fingerprint density at radius 1 is 1.71 bits per heavy atom. The topological polar surface area (TPSA) is 55.4 Å². The van der Waals surface area contributed by atoms with E-state index in [1.807, 2.05) is 0 Å². The Kier molecular flexibility index (Phi) is 4.16. The van der Waals surface area contributed by atoms with Crippen LogP contribution in [-0.2, 0) is 14.3 Å². The highest BCUT2D eigenvalue weighted by Gasteiger charge is 2.27. The van der Waals surface area contributed by atoms with Crippen molar-refractivity contribution in [1.29, 1.82) is 0 Å². The summed E-state index contributed by atoms with van der Waals surface area (Å²) in [6.07, 6.45) is 4.40. The van der Waals surface area contributed by atoms with Crippen molar-refractivity contribution in [3.05, 3.63) is 12.7 Å². The van der Waals surface area contributed by atoms with Gasteiger partial charge in [0.15, 0.2) is 0 Å². The summed E-state index contributed by atoms with van der Waals surface area (Å²) in [6.45, 7) is 3.98. The number of ether oxygens (including phenoxy) is 1. The molecule has 0 radical (unpaired) electrons. The molecule has 78 valence electrons. The number of unbranched alkanes of at least 4 members (excludes halogenated alkanes) is 1. The molecule has 1 saturated heterocycles. The summed E-state index contributed by atoms with van der Waals surface area (Å²) >= 11 is 0. The van der Waals surface area contributed by atoms with Gasteiger partial charge in [-0.3, -0.25) is 4.79 Å². The van der Waals surface area contributed by atoms with Crippen molar-refractivity contribution in [3.8, 4) is 0 Å². The summed E-state index contributed by atoms with van der Waals surface area (Å²) in [7, 11) is 0. The van der Waals surface area contributed by atoms with Crippen LogP contribution >= 0.6 is 0 Å². The first kappa shape index (κ1) is 10.8. The summed E-state index contributed by atoms with van der Waals surface area (Å²) in [5.41, 5.74) is 0. The Morgan fingerprint density at radius 2 is 2.50 bits per heavy atom. The van der Waals surface area contributed by atoms with Crippen LogP contribution in [0.4, 0.5) is 0 Å². The smallest absolute Gasteiger partial charge is 0.328 e. The fourth-order valence-electron chi connectivity index (χ4n) is 1.30. The molecule has 0 aliphatic carbocycles. The zero-order valence-electron chi connectivity index (χ0n) is 8.12. The van der Waals surface area contributed by atoms with E-state index in [-0.39, 0.29) is 11.9 Å². The molecule has 0 bridgehead atoms. The van der Waals surface area contributed by atoms with Crippen LogP contribution in [0.15, 0.2) is 12.7 Å². The van der Waals surface area contributed by atoms with Crippen LogP contribution in [-0.4, -0.2) is 24.5 Å². The van der Waals surface area contributed by atoms with Gasteiger partial charge in [0.25, 0.3) is 0 Å². The van der Waals surface area contributed by atoms with E-state index in [0.29, 0.717) is 19.4 Å². The number of hydrogen-bond acceptors (Lipinski definition) is 3. The molecule has 0 saturated carbocycles. The molecule has 0 aromatic heterocycles. The van der Waals surface area contributed by atoms with E-state index < -0.39 is 6.04 Å². The number of carbonyl (C=O) groups is 2. The third kappa shape index (κ3) is 3.20. The maximum Gasteiger partial charge on any atom is 0.328 e. The van der Waals surface area contributed by atoms with Gasteiger partial charge in [0.2, 0.25) is 5.91 Å². The lowest BCUT2D eigenvalue weighted by atomic mass is 10.2. The van der Waals surface area contributed by atoms with Crippen LogP contribution in [0.2, 0.25) is 0 Å². The van der Waals surface area contributed by atoms with Gasteiger partial charge in [0.05, 0.1) is 6.61 Å². The highest BCUT2D eigenvalue weighted by molar-refractivity contribution is 5.85. The van der Waals surface area contributed by atoms with E-state index >= 15 is 0 Å². The highest BCUT2D eigenvalue weighted by atomic mass is 16.5. The number of carbonyl (C=O) groups excluding carboxylic acids is 2. The number of amides is 1. The van der Waals surface area contributed by atoms with E-state index in [2.05, 4.69) is 11.9 Å². The highest BCUT2D eigenvalue weighted by Crippen LogP contribution is 2.06. The number of allylic oxidation sites excluding steroid dienone is 1. The van der Waals surface area contributed by atoms with Crippen LogP contribution < -0.4 is 5.32 Å². The average Bonchev–Trinajstić information content (AvgIpc) is 2.52. The lowest BCUT2D eigenvalue weighted by molar-refractivity contribution is -0.141. The van der Waals surface area contributed by atoms with Crippen molar-refractivity contribution in [2.24, 2.45) is 0 Å². The first-order valence-electron chi connectivity index (χ1n) is 4.81. The third-order valence-corrected chi connectivity index (χ3v) is 2.08. The van der Waals surface area contributed by atoms with Crippen molar-refractivity contribution in [1.82, 2.24) is 5.32 Å². The SMILES string of the molecule is C=CCCCC(=O)N[C@H]1CCOC1=O. The van der Waals surface area contributed by atoms with Gasteiger partial charge in [-0.1, -0.05) is 6.08 Å². The van der Waals surface area contributed by atoms with E-state index in [4.69, 9.17) is 4.74 Å². The Bertz CT molecular complexity index is 238. The van der Waals surface area contributed by atoms with Gasteiger partial charge in [0, 0.05) is 12.8 Å². The van der Waals surface area contributed by atoms with Crippen LogP contribution in [0.3, 0.4) is 0 Å². The predicted octanol–water partition coefficient (Wildman–Crippen LogP) is 0.774. The molecule has 14 heavy (non-hydrogen) atoms. The van der Waals surface area contributed by atoms with Gasteiger partial charge in [-0.05, 0) is 12.8 Å². The van der Waals surface area contributed by atoms with Crippen LogP contribution in [0.5, 0.6) is 0 Å². The molecule has 1 aliphatic rings. The van der Waals surface area contributed by atoms with E-state index in [1.54, 1.807) is 6.08 Å². The van der Waals surface area contributed by atoms with Gasteiger partial charge in [0.1, 0.15) is 6.04 Å². The van der Waals surface area contributed by atoms with Crippen LogP contribution in [0, 0.1) is 0 Å². The predicted molar refractivity (Wildman–Crippen MR) is 51.6 cm³/mol. The Labute approximate surface area is 83.3 Å². The second kappa shape index (κ2) is 5.42. The number of nitrogens with one attached hydrogen (secondary N) is 1. The van der Waals surface area contributed by atoms with Gasteiger partial charge in [-0.15, -0.1) is 6.58 Å². The summed E-state index contributed by atoms with van der Waals surface area (Å²) in [5.74, 6) is -0.405. The van der Waals surface area contributed by atoms with Crippen molar-refractivity contribution in [2.75, 3.05) is 6.61 Å². The van der Waals surface area contributed by atoms with Crippen molar-refractivity contribution in [2.45, 2.75) is 31.7 Å². The molecule has 1 N–H and O–H groups in total. The Hall–Kier alpha value is -1.32. The molecule has 1 atom stereocenters. The van der Waals surface area contributed by atoms with Crippen molar-refractivity contribution < 1.29 is 14.3 Å². The van der Waals surface area contributed by atoms with Crippen molar-refractivity contribution in [3.63, 3.8) is 0 Å². The molecular weight excluding hydrogens is 182 g/mol. The minimum absolute atomic E-state index is 0.0873. The standard InChI is InChI=1S/C10H15NO3/c1-2-3-4-5-9(12)11-8-6-7-14-10(8)13/h2,8H,1,3-7H2,(H,11,12)/t8-/m0/s1. The van der Waals surface area contributed by atoms with Gasteiger partial charge >= 0.3 is 5.97 Å². The molecule has 0 spiro atoms. The number of cyclic esters (lactones) is 1. The molecule has 1 fully saturated rings.